The molecule has 1 unspecified atom stereocenters. The fourth-order valence-electron chi connectivity index (χ4n) is 2.10. The lowest BCUT2D eigenvalue weighted by molar-refractivity contribution is -0.144. The van der Waals surface area contributed by atoms with Gasteiger partial charge < -0.3 is 10.2 Å². The second kappa shape index (κ2) is 3.87. The SMILES string of the molecule is O=C(O)C(C1CC1)N(CCO)C1CC1. The third kappa shape index (κ3) is 2.07. The minimum absolute atomic E-state index is 0.0625. The number of carboxylic acid groups (broad SMARTS) is 1. The summed E-state index contributed by atoms with van der Waals surface area (Å²) in [5.41, 5.74) is 0. The lowest BCUT2D eigenvalue weighted by atomic mass is 10.1. The molecule has 2 rings (SSSR count). The van der Waals surface area contributed by atoms with Gasteiger partial charge in [0.05, 0.1) is 6.61 Å². The van der Waals surface area contributed by atoms with Crippen LogP contribution < -0.4 is 0 Å². The van der Waals surface area contributed by atoms with Gasteiger partial charge in [-0.25, -0.2) is 0 Å². The molecule has 2 N–H and O–H groups in total. The first-order valence-electron chi connectivity index (χ1n) is 5.33. The molecule has 2 aliphatic rings. The van der Waals surface area contributed by atoms with Crippen molar-refractivity contribution in [3.8, 4) is 0 Å². The summed E-state index contributed by atoms with van der Waals surface area (Å²) in [4.78, 5) is 13.1. The number of hydrogen-bond donors (Lipinski definition) is 2. The third-order valence-electron chi connectivity index (χ3n) is 3.05. The lowest BCUT2D eigenvalue weighted by Crippen LogP contribution is -2.45. The van der Waals surface area contributed by atoms with Crippen LogP contribution in [0.4, 0.5) is 0 Å². The predicted octanol–water partition coefficient (Wildman–Crippen LogP) is 0.306. The first kappa shape index (κ1) is 9.93. The van der Waals surface area contributed by atoms with Crippen molar-refractivity contribution in [3.63, 3.8) is 0 Å². The molecule has 2 aliphatic carbocycles. The van der Waals surface area contributed by atoms with E-state index in [1.807, 2.05) is 4.90 Å². The fourth-order valence-corrected chi connectivity index (χ4v) is 2.10. The Morgan fingerprint density at radius 2 is 2.00 bits per heavy atom. The van der Waals surface area contributed by atoms with Crippen LogP contribution in [-0.2, 0) is 4.79 Å². The highest BCUT2D eigenvalue weighted by Gasteiger charge is 2.44. The van der Waals surface area contributed by atoms with Crippen molar-refractivity contribution in [2.45, 2.75) is 37.8 Å². The Bertz CT molecular complexity index is 223. The molecule has 14 heavy (non-hydrogen) atoms. The fraction of sp³-hybridized carbons (Fsp3) is 0.900. The standard InChI is InChI=1S/C10H17NO3/c12-6-5-11(8-3-4-8)9(10(13)14)7-1-2-7/h7-9,12H,1-6H2,(H,13,14). The Morgan fingerprint density at radius 3 is 2.36 bits per heavy atom. The number of rotatable bonds is 6. The van der Waals surface area contributed by atoms with E-state index in [1.54, 1.807) is 0 Å². The summed E-state index contributed by atoms with van der Waals surface area (Å²) in [6.07, 6.45) is 4.25. The van der Waals surface area contributed by atoms with Crippen molar-refractivity contribution in [1.82, 2.24) is 4.90 Å². The van der Waals surface area contributed by atoms with E-state index < -0.39 is 5.97 Å². The van der Waals surface area contributed by atoms with Crippen LogP contribution >= 0.6 is 0 Å². The average molecular weight is 199 g/mol. The van der Waals surface area contributed by atoms with Crippen molar-refractivity contribution in [2.24, 2.45) is 5.92 Å². The maximum Gasteiger partial charge on any atom is 0.321 e. The van der Waals surface area contributed by atoms with E-state index in [9.17, 15) is 4.79 Å². The third-order valence-corrected chi connectivity index (χ3v) is 3.05. The van der Waals surface area contributed by atoms with E-state index in [0.717, 1.165) is 25.7 Å². The number of carboxylic acids is 1. The molecule has 0 bridgehead atoms. The highest BCUT2D eigenvalue weighted by molar-refractivity contribution is 5.74. The number of nitrogens with zero attached hydrogens (tertiary/aromatic N) is 1. The quantitative estimate of drug-likeness (QED) is 0.646. The average Bonchev–Trinajstić information content (AvgIpc) is 2.98. The molecule has 80 valence electrons. The molecule has 0 spiro atoms. The van der Waals surface area contributed by atoms with Gasteiger partial charge in [0.2, 0.25) is 0 Å². The number of aliphatic hydroxyl groups is 1. The van der Waals surface area contributed by atoms with Gasteiger partial charge in [0.15, 0.2) is 0 Å². The van der Waals surface area contributed by atoms with E-state index in [0.29, 0.717) is 18.5 Å². The van der Waals surface area contributed by atoms with Gasteiger partial charge in [0, 0.05) is 12.6 Å². The summed E-state index contributed by atoms with van der Waals surface area (Å²) in [6.45, 7) is 0.575. The van der Waals surface area contributed by atoms with Gasteiger partial charge in [-0.05, 0) is 31.6 Å². The van der Waals surface area contributed by atoms with E-state index in [2.05, 4.69) is 0 Å². The minimum atomic E-state index is -0.715. The Labute approximate surface area is 83.5 Å². The van der Waals surface area contributed by atoms with Crippen LogP contribution in [0.15, 0.2) is 0 Å². The Hall–Kier alpha value is -0.610. The van der Waals surface area contributed by atoms with E-state index in [-0.39, 0.29) is 12.6 Å². The van der Waals surface area contributed by atoms with Gasteiger partial charge in [-0.3, -0.25) is 9.69 Å². The zero-order valence-electron chi connectivity index (χ0n) is 8.22. The predicted molar refractivity (Wildman–Crippen MR) is 51.0 cm³/mol. The van der Waals surface area contributed by atoms with Gasteiger partial charge in [0.25, 0.3) is 0 Å². The molecular formula is C10H17NO3. The van der Waals surface area contributed by atoms with E-state index >= 15 is 0 Å². The molecule has 0 aromatic rings. The van der Waals surface area contributed by atoms with Crippen LogP contribution in [0.1, 0.15) is 25.7 Å². The molecule has 0 aromatic heterocycles. The lowest BCUT2D eigenvalue weighted by Gasteiger charge is -2.28. The molecule has 2 saturated carbocycles. The summed E-state index contributed by atoms with van der Waals surface area (Å²) >= 11 is 0. The van der Waals surface area contributed by atoms with Crippen molar-refractivity contribution in [1.29, 1.82) is 0 Å². The first-order chi connectivity index (χ1) is 6.74. The second-order valence-electron chi connectivity index (χ2n) is 4.31. The Balaban J connectivity index is 2.00. The van der Waals surface area contributed by atoms with Crippen LogP contribution in [-0.4, -0.2) is 46.3 Å². The first-order valence-corrected chi connectivity index (χ1v) is 5.33. The van der Waals surface area contributed by atoms with E-state index in [4.69, 9.17) is 10.2 Å². The van der Waals surface area contributed by atoms with Gasteiger partial charge in [-0.2, -0.15) is 0 Å². The van der Waals surface area contributed by atoms with Gasteiger partial charge in [-0.15, -0.1) is 0 Å². The number of aliphatic carboxylic acids is 1. The van der Waals surface area contributed by atoms with E-state index in [1.165, 1.54) is 0 Å². The smallest absolute Gasteiger partial charge is 0.321 e. The Morgan fingerprint density at radius 1 is 1.36 bits per heavy atom. The molecule has 0 amide bonds. The highest BCUT2D eigenvalue weighted by Crippen LogP contribution is 2.39. The van der Waals surface area contributed by atoms with Crippen LogP contribution in [0.25, 0.3) is 0 Å². The molecule has 0 heterocycles. The number of hydrogen-bond acceptors (Lipinski definition) is 3. The molecule has 2 fully saturated rings. The maximum absolute atomic E-state index is 11.1. The van der Waals surface area contributed by atoms with Crippen molar-refractivity contribution in [2.75, 3.05) is 13.2 Å². The summed E-state index contributed by atoms with van der Waals surface area (Å²) in [5.74, 6) is -0.382. The topological polar surface area (TPSA) is 60.8 Å². The molecule has 4 heteroatoms. The monoisotopic (exact) mass is 199 g/mol. The largest absolute Gasteiger partial charge is 0.480 e. The maximum atomic E-state index is 11.1. The van der Waals surface area contributed by atoms with Crippen LogP contribution in [0.2, 0.25) is 0 Å². The Kier molecular flexibility index (Phi) is 2.74. The van der Waals surface area contributed by atoms with Gasteiger partial charge in [0.1, 0.15) is 6.04 Å². The van der Waals surface area contributed by atoms with Crippen molar-refractivity contribution >= 4 is 5.97 Å². The number of carbonyl (C=O) groups is 1. The van der Waals surface area contributed by atoms with Gasteiger partial charge >= 0.3 is 5.97 Å². The normalized spacial score (nSPS) is 23.9. The minimum Gasteiger partial charge on any atom is -0.480 e. The molecule has 0 saturated heterocycles. The molecule has 0 radical (unpaired) electrons. The molecule has 0 aromatic carbocycles. The van der Waals surface area contributed by atoms with Crippen molar-refractivity contribution in [3.05, 3.63) is 0 Å². The molecule has 0 aliphatic heterocycles. The van der Waals surface area contributed by atoms with Crippen LogP contribution in [0, 0.1) is 5.92 Å². The van der Waals surface area contributed by atoms with Crippen LogP contribution in [0.3, 0.4) is 0 Å². The summed E-state index contributed by atoms with van der Waals surface area (Å²) in [5, 5.41) is 18.0. The molecule has 4 nitrogen and oxygen atoms in total. The highest BCUT2D eigenvalue weighted by atomic mass is 16.4. The van der Waals surface area contributed by atoms with Crippen LogP contribution in [0.5, 0.6) is 0 Å². The molecular weight excluding hydrogens is 182 g/mol. The molecule has 1 atom stereocenters. The second-order valence-corrected chi connectivity index (χ2v) is 4.31. The zero-order chi connectivity index (χ0) is 10.1. The summed E-state index contributed by atoms with van der Waals surface area (Å²) in [7, 11) is 0. The van der Waals surface area contributed by atoms with Crippen molar-refractivity contribution < 1.29 is 15.0 Å². The zero-order valence-corrected chi connectivity index (χ0v) is 8.22. The number of aliphatic hydroxyl groups excluding tert-OH is 1. The van der Waals surface area contributed by atoms with Gasteiger partial charge in [-0.1, -0.05) is 0 Å². The summed E-state index contributed by atoms with van der Waals surface area (Å²) in [6, 6.07) is 0.0819. The summed E-state index contributed by atoms with van der Waals surface area (Å²) < 4.78 is 0.